The summed E-state index contributed by atoms with van der Waals surface area (Å²) in [5.74, 6) is -2.25. The molecule has 180 valence electrons. The van der Waals surface area contributed by atoms with E-state index in [1.807, 2.05) is 72.8 Å². The lowest BCUT2D eigenvalue weighted by atomic mass is 10.1. The molecule has 5 aromatic carbocycles. The zero-order valence-corrected chi connectivity index (χ0v) is 19.6. The number of carbonyl (C=O) groups excluding carboxylic acids is 3. The molecule has 5 rings (SSSR count). The van der Waals surface area contributed by atoms with Gasteiger partial charge in [0.05, 0.1) is 5.97 Å². The first kappa shape index (κ1) is 23.5. The third kappa shape index (κ3) is 4.94. The Morgan fingerprint density at radius 1 is 0.595 bits per heavy atom. The predicted octanol–water partition coefficient (Wildman–Crippen LogP) is 5.43. The summed E-state index contributed by atoms with van der Waals surface area (Å²) in [5.41, 5.74) is 2.09. The number of benzene rings is 5. The highest BCUT2D eigenvalue weighted by Gasteiger charge is 2.20. The molecule has 0 saturated heterocycles. The van der Waals surface area contributed by atoms with E-state index in [1.165, 1.54) is 18.2 Å². The summed E-state index contributed by atoms with van der Waals surface area (Å²) < 4.78 is 0. The number of nitrogens with zero attached hydrogens (tertiary/aromatic N) is 1. The molecule has 1 N–H and O–H groups in total. The topological polar surface area (TPSA) is 89.5 Å². The molecule has 6 nitrogen and oxygen atoms in total. The average molecular weight is 486 g/mol. The lowest BCUT2D eigenvalue weighted by Gasteiger charge is -2.24. The first-order valence-corrected chi connectivity index (χ1v) is 11.6. The Hall–Kier alpha value is -5.23. The number of hydrogen-bond donors (Lipinski definition) is 1. The molecule has 0 radical (unpaired) electrons. The fourth-order valence-corrected chi connectivity index (χ4v) is 4.16. The van der Waals surface area contributed by atoms with Crippen LogP contribution in [0, 0.1) is 0 Å². The van der Waals surface area contributed by atoms with Gasteiger partial charge < -0.3 is 15.2 Å². The number of aromatic carboxylic acids is 1. The van der Waals surface area contributed by atoms with E-state index >= 15 is 0 Å². The quantitative estimate of drug-likeness (QED) is 0.347. The number of rotatable bonds is 6. The minimum absolute atomic E-state index is 0.00536. The van der Waals surface area contributed by atoms with Gasteiger partial charge in [-0.2, -0.15) is 0 Å². The van der Waals surface area contributed by atoms with Crippen molar-refractivity contribution in [2.24, 2.45) is 0 Å². The largest absolute Gasteiger partial charge is 0.545 e. The minimum Gasteiger partial charge on any atom is -0.545 e. The lowest BCUT2D eigenvalue weighted by molar-refractivity contribution is -0.255. The van der Waals surface area contributed by atoms with Crippen molar-refractivity contribution in [2.45, 2.75) is 0 Å². The highest BCUT2D eigenvalue weighted by atomic mass is 16.4. The van der Waals surface area contributed by atoms with Gasteiger partial charge in [-0.05, 0) is 65.4 Å². The molecule has 0 saturated carbocycles. The maximum absolute atomic E-state index is 13.7. The highest BCUT2D eigenvalue weighted by molar-refractivity contribution is 6.13. The van der Waals surface area contributed by atoms with Gasteiger partial charge in [0.25, 0.3) is 11.8 Å². The molecule has 37 heavy (non-hydrogen) atoms. The van der Waals surface area contributed by atoms with E-state index < -0.39 is 11.9 Å². The molecule has 0 fully saturated rings. The maximum Gasteiger partial charge on any atom is 0.262 e. The second-order valence-electron chi connectivity index (χ2n) is 8.37. The van der Waals surface area contributed by atoms with E-state index in [0.717, 1.165) is 22.1 Å². The number of carbonyl (C=O) groups is 3. The van der Waals surface area contributed by atoms with Crippen LogP contribution in [0.3, 0.4) is 0 Å². The second-order valence-corrected chi connectivity index (χ2v) is 8.37. The predicted molar refractivity (Wildman–Crippen MR) is 142 cm³/mol. The Bertz CT molecular complexity index is 1610. The summed E-state index contributed by atoms with van der Waals surface area (Å²) >= 11 is 0. The molecule has 0 aliphatic rings. The van der Waals surface area contributed by atoms with Crippen LogP contribution in [-0.2, 0) is 0 Å². The summed E-state index contributed by atoms with van der Waals surface area (Å²) in [6.45, 7) is 0. The second kappa shape index (κ2) is 10.2. The Morgan fingerprint density at radius 2 is 1.22 bits per heavy atom. The summed E-state index contributed by atoms with van der Waals surface area (Å²) in [4.78, 5) is 39.4. The van der Waals surface area contributed by atoms with Crippen LogP contribution >= 0.6 is 0 Å². The van der Waals surface area contributed by atoms with Gasteiger partial charge in [-0.25, -0.2) is 0 Å². The van der Waals surface area contributed by atoms with Gasteiger partial charge in [0, 0.05) is 33.8 Å². The maximum atomic E-state index is 13.7. The summed E-state index contributed by atoms with van der Waals surface area (Å²) in [7, 11) is 0. The zero-order chi connectivity index (χ0) is 25.8. The molecule has 6 heteroatoms. The number of anilines is 3. The summed E-state index contributed by atoms with van der Waals surface area (Å²) in [5, 5.41) is 16.1. The van der Waals surface area contributed by atoms with Gasteiger partial charge in [-0.1, -0.05) is 66.7 Å². The molecular weight excluding hydrogens is 464 g/mol. The van der Waals surface area contributed by atoms with Crippen LogP contribution in [0.5, 0.6) is 0 Å². The van der Waals surface area contributed by atoms with Crippen molar-refractivity contribution in [1.29, 1.82) is 0 Å². The number of carboxylic acids is 1. The third-order valence-electron chi connectivity index (χ3n) is 5.99. The van der Waals surface area contributed by atoms with Crippen molar-refractivity contribution in [1.82, 2.24) is 0 Å². The lowest BCUT2D eigenvalue weighted by Crippen LogP contribution is -2.26. The van der Waals surface area contributed by atoms with Gasteiger partial charge in [-0.15, -0.1) is 0 Å². The van der Waals surface area contributed by atoms with E-state index in [-0.39, 0.29) is 17.0 Å². The number of hydrogen-bond acceptors (Lipinski definition) is 4. The van der Waals surface area contributed by atoms with Crippen molar-refractivity contribution in [3.63, 3.8) is 0 Å². The highest BCUT2D eigenvalue weighted by Crippen LogP contribution is 2.30. The molecule has 2 amide bonds. The average Bonchev–Trinajstić information content (AvgIpc) is 2.94. The molecule has 0 unspecified atom stereocenters. The molecule has 5 aromatic rings. The van der Waals surface area contributed by atoms with E-state index in [1.54, 1.807) is 35.2 Å². The van der Waals surface area contributed by atoms with Crippen molar-refractivity contribution < 1.29 is 19.5 Å². The third-order valence-corrected chi connectivity index (χ3v) is 5.99. The number of amides is 2. The summed E-state index contributed by atoms with van der Waals surface area (Å²) in [6.07, 6.45) is 0. The van der Waals surface area contributed by atoms with Gasteiger partial charge in [-0.3, -0.25) is 14.5 Å². The Morgan fingerprint density at radius 3 is 1.92 bits per heavy atom. The van der Waals surface area contributed by atoms with Gasteiger partial charge >= 0.3 is 0 Å². The van der Waals surface area contributed by atoms with Crippen LogP contribution in [0.15, 0.2) is 121 Å². The van der Waals surface area contributed by atoms with Crippen molar-refractivity contribution in [3.8, 4) is 0 Å². The Balaban J connectivity index is 1.43. The van der Waals surface area contributed by atoms with Crippen LogP contribution < -0.4 is 15.3 Å². The first-order valence-electron chi connectivity index (χ1n) is 11.6. The molecule has 0 bridgehead atoms. The van der Waals surface area contributed by atoms with Crippen LogP contribution in [0.25, 0.3) is 10.8 Å². The molecule has 0 aliphatic heterocycles. The van der Waals surface area contributed by atoms with Crippen molar-refractivity contribution >= 4 is 45.6 Å². The fourth-order valence-electron chi connectivity index (χ4n) is 4.16. The fraction of sp³-hybridized carbons (Fsp3) is 0. The molecule has 0 aliphatic carbocycles. The monoisotopic (exact) mass is 485 g/mol. The smallest absolute Gasteiger partial charge is 0.262 e. The van der Waals surface area contributed by atoms with Gasteiger partial charge in [0.1, 0.15) is 0 Å². The molecule has 0 spiro atoms. The van der Waals surface area contributed by atoms with Gasteiger partial charge in [0.2, 0.25) is 0 Å². The van der Waals surface area contributed by atoms with Crippen LogP contribution in [0.1, 0.15) is 31.1 Å². The van der Waals surface area contributed by atoms with E-state index in [2.05, 4.69) is 5.32 Å². The van der Waals surface area contributed by atoms with Crippen molar-refractivity contribution in [2.75, 3.05) is 10.2 Å². The SMILES string of the molecule is O=C([O-])c1ccccc1C(=O)Nc1ccc(C(=O)N(c2ccccc2)c2ccc3ccccc3c2)cc1. The zero-order valence-electron chi connectivity index (χ0n) is 19.6. The van der Waals surface area contributed by atoms with Crippen LogP contribution in [-0.4, -0.2) is 17.8 Å². The Labute approximate surface area is 213 Å². The van der Waals surface area contributed by atoms with E-state index in [9.17, 15) is 19.5 Å². The minimum atomic E-state index is -1.43. The molecule has 0 heterocycles. The molecular formula is C31H21N2O4-. The summed E-state index contributed by atoms with van der Waals surface area (Å²) in [6, 6.07) is 35.5. The number of para-hydroxylation sites is 1. The van der Waals surface area contributed by atoms with E-state index in [4.69, 9.17) is 0 Å². The number of nitrogens with one attached hydrogen (secondary N) is 1. The van der Waals surface area contributed by atoms with Crippen LogP contribution in [0.2, 0.25) is 0 Å². The number of carboxylic acid groups (broad SMARTS) is 1. The van der Waals surface area contributed by atoms with E-state index in [0.29, 0.717) is 11.3 Å². The normalized spacial score (nSPS) is 10.6. The molecule has 0 atom stereocenters. The number of fused-ring (bicyclic) bond motifs is 1. The Kier molecular flexibility index (Phi) is 6.46. The standard InChI is InChI=1S/C31H22N2O4/c34-29(27-12-6-7-13-28(27)31(36)37)32-24-17-14-22(15-18-24)30(35)33(25-10-2-1-3-11-25)26-19-16-21-8-4-5-9-23(21)20-26/h1-20H,(H,32,34)(H,36,37)/p-1. The first-order chi connectivity index (χ1) is 18.0. The molecule has 0 aromatic heterocycles. The van der Waals surface area contributed by atoms with Crippen LogP contribution in [0.4, 0.5) is 17.1 Å². The van der Waals surface area contributed by atoms with Gasteiger partial charge in [0.15, 0.2) is 0 Å². The van der Waals surface area contributed by atoms with Crippen molar-refractivity contribution in [3.05, 3.63) is 138 Å².